The maximum Gasteiger partial charge on any atom is 0.191 e. The number of unbranched alkanes of at least 4 members (excludes halogenated alkanes) is 2. The lowest BCUT2D eigenvalue weighted by molar-refractivity contribution is 0.217. The van der Waals surface area contributed by atoms with E-state index in [-0.39, 0.29) is 12.0 Å². The Morgan fingerprint density at radius 2 is 2.00 bits per heavy atom. The third-order valence-corrected chi connectivity index (χ3v) is 3.28. The molecule has 0 spiro atoms. The summed E-state index contributed by atoms with van der Waals surface area (Å²) in [6, 6.07) is 0. The number of nitrogens with one attached hydrogen (secondary N) is 2. The van der Waals surface area contributed by atoms with Crippen LogP contribution in [-0.2, 0) is 0 Å². The molecule has 1 aliphatic rings. The highest BCUT2D eigenvalue weighted by atomic mass is 16.3. The molecule has 0 amide bonds. The summed E-state index contributed by atoms with van der Waals surface area (Å²) in [5.74, 6) is 0.892. The fourth-order valence-electron chi connectivity index (χ4n) is 1.71. The molecule has 0 aliphatic heterocycles. The van der Waals surface area contributed by atoms with E-state index in [0.717, 1.165) is 38.4 Å². The summed E-state index contributed by atoms with van der Waals surface area (Å²) in [6.45, 7) is 7.15. The number of guanidine groups is 1. The summed E-state index contributed by atoms with van der Waals surface area (Å²) >= 11 is 0. The molecule has 3 N–H and O–H groups in total. The summed E-state index contributed by atoms with van der Waals surface area (Å²) in [7, 11) is 0. The van der Waals surface area contributed by atoms with Crippen LogP contribution in [0.15, 0.2) is 4.99 Å². The highest BCUT2D eigenvalue weighted by Gasteiger charge is 2.41. The number of aliphatic hydroxyl groups excluding tert-OH is 1. The van der Waals surface area contributed by atoms with Crippen LogP contribution < -0.4 is 10.6 Å². The van der Waals surface area contributed by atoms with E-state index in [0.29, 0.717) is 0 Å². The second-order valence-electron chi connectivity index (χ2n) is 4.99. The summed E-state index contributed by atoms with van der Waals surface area (Å²) in [4.78, 5) is 4.55. The molecule has 1 aliphatic carbocycles. The molecular formula is C13H27N3O. The second kappa shape index (κ2) is 7.54. The molecular weight excluding hydrogens is 214 g/mol. The number of hydrogen-bond donors (Lipinski definition) is 3. The molecule has 100 valence electrons. The van der Waals surface area contributed by atoms with Gasteiger partial charge in [-0.15, -0.1) is 0 Å². The lowest BCUT2D eigenvalue weighted by atomic mass is 10.1. The predicted octanol–water partition coefficient (Wildman–Crippen LogP) is 1.50. The Morgan fingerprint density at radius 3 is 2.53 bits per heavy atom. The zero-order valence-corrected chi connectivity index (χ0v) is 11.3. The number of nitrogens with zero attached hydrogens (tertiary/aromatic N) is 1. The van der Waals surface area contributed by atoms with Crippen LogP contribution in [0.5, 0.6) is 0 Å². The van der Waals surface area contributed by atoms with E-state index in [1.54, 1.807) is 0 Å². The minimum atomic E-state index is 0.103. The van der Waals surface area contributed by atoms with Crippen LogP contribution in [-0.4, -0.2) is 37.3 Å². The fraction of sp³-hybridized carbons (Fsp3) is 0.923. The first-order chi connectivity index (χ1) is 8.26. The highest BCUT2D eigenvalue weighted by Crippen LogP contribution is 2.45. The van der Waals surface area contributed by atoms with Gasteiger partial charge in [0, 0.05) is 18.5 Å². The van der Waals surface area contributed by atoms with Gasteiger partial charge in [0.2, 0.25) is 0 Å². The molecule has 0 aromatic rings. The SMILES string of the molecule is CCCCCNC(=NCC1(CO)CC1)NCC. The Labute approximate surface area is 105 Å². The Morgan fingerprint density at radius 1 is 1.24 bits per heavy atom. The van der Waals surface area contributed by atoms with Crippen molar-refractivity contribution in [3.05, 3.63) is 0 Å². The minimum absolute atomic E-state index is 0.103. The van der Waals surface area contributed by atoms with Crippen LogP contribution in [0.2, 0.25) is 0 Å². The molecule has 0 saturated heterocycles. The van der Waals surface area contributed by atoms with Crippen molar-refractivity contribution in [3.8, 4) is 0 Å². The molecule has 1 saturated carbocycles. The lowest BCUT2D eigenvalue weighted by Crippen LogP contribution is -2.38. The standard InChI is InChI=1S/C13H27N3O/c1-3-5-6-9-15-12(14-4-2)16-10-13(11-17)7-8-13/h17H,3-11H2,1-2H3,(H2,14,15,16). The van der Waals surface area contributed by atoms with Gasteiger partial charge in [-0.3, -0.25) is 4.99 Å². The zero-order chi connectivity index (χ0) is 12.6. The quantitative estimate of drug-likeness (QED) is 0.343. The van der Waals surface area contributed by atoms with E-state index in [2.05, 4.69) is 29.5 Å². The van der Waals surface area contributed by atoms with Gasteiger partial charge in [0.15, 0.2) is 5.96 Å². The maximum absolute atomic E-state index is 9.24. The van der Waals surface area contributed by atoms with Crippen molar-refractivity contribution in [3.63, 3.8) is 0 Å². The third kappa shape index (κ3) is 5.39. The molecule has 0 heterocycles. The van der Waals surface area contributed by atoms with Gasteiger partial charge < -0.3 is 15.7 Å². The molecule has 0 radical (unpaired) electrons. The van der Waals surface area contributed by atoms with Crippen molar-refractivity contribution < 1.29 is 5.11 Å². The molecule has 0 atom stereocenters. The third-order valence-electron chi connectivity index (χ3n) is 3.28. The van der Waals surface area contributed by atoms with Gasteiger partial charge in [-0.2, -0.15) is 0 Å². The first-order valence-corrected chi connectivity index (χ1v) is 6.89. The Hall–Kier alpha value is -0.770. The predicted molar refractivity (Wildman–Crippen MR) is 72.3 cm³/mol. The summed E-state index contributed by atoms with van der Waals surface area (Å²) < 4.78 is 0. The van der Waals surface area contributed by atoms with Crippen LogP contribution >= 0.6 is 0 Å². The first-order valence-electron chi connectivity index (χ1n) is 6.89. The topological polar surface area (TPSA) is 56.7 Å². The van der Waals surface area contributed by atoms with Crippen molar-refractivity contribution in [2.24, 2.45) is 10.4 Å². The average molecular weight is 241 g/mol. The molecule has 4 heteroatoms. The molecule has 4 nitrogen and oxygen atoms in total. The maximum atomic E-state index is 9.24. The summed E-state index contributed by atoms with van der Waals surface area (Å²) in [6.07, 6.45) is 5.91. The average Bonchev–Trinajstić information content (AvgIpc) is 3.12. The number of rotatable bonds is 8. The van der Waals surface area contributed by atoms with Crippen molar-refractivity contribution in [2.45, 2.75) is 46.0 Å². The van der Waals surface area contributed by atoms with Crippen LogP contribution in [0.1, 0.15) is 46.0 Å². The van der Waals surface area contributed by atoms with Crippen molar-refractivity contribution >= 4 is 5.96 Å². The Bertz CT molecular complexity index is 237. The molecule has 0 aromatic carbocycles. The highest BCUT2D eigenvalue weighted by molar-refractivity contribution is 5.79. The van der Waals surface area contributed by atoms with Gasteiger partial charge in [0.1, 0.15) is 0 Å². The minimum Gasteiger partial charge on any atom is -0.396 e. The molecule has 0 unspecified atom stereocenters. The van der Waals surface area contributed by atoms with E-state index in [1.165, 1.54) is 19.3 Å². The van der Waals surface area contributed by atoms with E-state index < -0.39 is 0 Å². The smallest absolute Gasteiger partial charge is 0.191 e. The number of hydrogen-bond acceptors (Lipinski definition) is 2. The summed E-state index contributed by atoms with van der Waals surface area (Å²) in [5, 5.41) is 15.8. The summed E-state index contributed by atoms with van der Waals surface area (Å²) in [5.41, 5.74) is 0.103. The molecule has 1 fully saturated rings. The largest absolute Gasteiger partial charge is 0.396 e. The van der Waals surface area contributed by atoms with Crippen molar-refractivity contribution in [1.29, 1.82) is 0 Å². The van der Waals surface area contributed by atoms with Gasteiger partial charge in [-0.05, 0) is 26.2 Å². The van der Waals surface area contributed by atoms with E-state index in [1.807, 2.05) is 0 Å². The second-order valence-corrected chi connectivity index (χ2v) is 4.99. The van der Waals surface area contributed by atoms with Crippen LogP contribution in [0.4, 0.5) is 0 Å². The zero-order valence-electron chi connectivity index (χ0n) is 11.3. The van der Waals surface area contributed by atoms with Crippen LogP contribution in [0.25, 0.3) is 0 Å². The van der Waals surface area contributed by atoms with Gasteiger partial charge in [0.05, 0.1) is 13.2 Å². The van der Waals surface area contributed by atoms with Crippen LogP contribution in [0, 0.1) is 5.41 Å². The van der Waals surface area contributed by atoms with E-state index >= 15 is 0 Å². The Balaban J connectivity index is 2.28. The Kier molecular flexibility index (Phi) is 6.34. The first kappa shape index (κ1) is 14.3. The fourth-order valence-corrected chi connectivity index (χ4v) is 1.71. The monoisotopic (exact) mass is 241 g/mol. The van der Waals surface area contributed by atoms with Crippen LogP contribution in [0.3, 0.4) is 0 Å². The van der Waals surface area contributed by atoms with Crippen molar-refractivity contribution in [1.82, 2.24) is 10.6 Å². The molecule has 0 bridgehead atoms. The molecule has 1 rings (SSSR count). The van der Waals surface area contributed by atoms with Gasteiger partial charge >= 0.3 is 0 Å². The van der Waals surface area contributed by atoms with E-state index in [4.69, 9.17) is 0 Å². The van der Waals surface area contributed by atoms with Gasteiger partial charge in [0.25, 0.3) is 0 Å². The van der Waals surface area contributed by atoms with E-state index in [9.17, 15) is 5.11 Å². The number of aliphatic imine (C=N–C) groups is 1. The normalized spacial score (nSPS) is 17.9. The molecule has 17 heavy (non-hydrogen) atoms. The van der Waals surface area contributed by atoms with Gasteiger partial charge in [-0.25, -0.2) is 0 Å². The lowest BCUT2D eigenvalue weighted by Gasteiger charge is -2.13. The molecule has 0 aromatic heterocycles. The van der Waals surface area contributed by atoms with Gasteiger partial charge in [-0.1, -0.05) is 19.8 Å². The van der Waals surface area contributed by atoms with Crippen molar-refractivity contribution in [2.75, 3.05) is 26.2 Å². The number of aliphatic hydroxyl groups is 1.